The van der Waals surface area contributed by atoms with Crippen molar-refractivity contribution in [1.82, 2.24) is 4.57 Å². The van der Waals surface area contributed by atoms with Crippen LogP contribution in [0.15, 0.2) is 34.9 Å². The molecule has 0 radical (unpaired) electrons. The molecule has 0 aliphatic carbocycles. The first-order valence-electron chi connectivity index (χ1n) is 6.40. The van der Waals surface area contributed by atoms with Gasteiger partial charge >= 0.3 is 0 Å². The molecule has 0 fully saturated rings. The molecular weight excluding hydrogens is 342 g/mol. The average Bonchev–Trinajstić information content (AvgIpc) is 2.80. The van der Waals surface area contributed by atoms with Crippen LogP contribution in [0.25, 0.3) is 0 Å². The number of hydrogen-bond acceptors (Lipinski definition) is 1. The fourth-order valence-corrected chi connectivity index (χ4v) is 2.90. The summed E-state index contributed by atoms with van der Waals surface area (Å²) >= 11 is 3.39. The molecule has 1 heterocycles. The fraction of sp³-hybridized carbons (Fsp3) is 0.267. The summed E-state index contributed by atoms with van der Waals surface area (Å²) in [4.78, 5) is 12.3. The normalized spacial score (nSPS) is 11.0. The Kier molecular flexibility index (Phi) is 4.77. The summed E-state index contributed by atoms with van der Waals surface area (Å²) in [5.41, 5.74) is 2.73. The first-order chi connectivity index (χ1) is 9.88. The summed E-state index contributed by atoms with van der Waals surface area (Å²) in [7, 11) is 0. The maximum absolute atomic E-state index is 12.5. The number of alkyl halides is 2. The Hall–Kier alpha value is -1.69. The minimum Gasteiger partial charge on any atom is -0.338 e. The van der Waals surface area contributed by atoms with E-state index in [1.807, 2.05) is 26.0 Å². The van der Waals surface area contributed by atoms with Crippen molar-refractivity contribution in [3.05, 3.63) is 51.8 Å². The zero-order valence-corrected chi connectivity index (χ0v) is 13.2. The molecule has 0 saturated carbocycles. The van der Waals surface area contributed by atoms with Crippen LogP contribution in [-0.2, 0) is 6.54 Å². The second kappa shape index (κ2) is 6.39. The number of amides is 1. The van der Waals surface area contributed by atoms with E-state index < -0.39 is 18.9 Å². The SMILES string of the molecule is Cc1cc(Br)cc(C)c1NC(=O)c1cccn1CC(F)F. The number of nitrogens with zero attached hydrogens (tertiary/aromatic N) is 1. The van der Waals surface area contributed by atoms with Crippen LogP contribution in [0.3, 0.4) is 0 Å². The van der Waals surface area contributed by atoms with Gasteiger partial charge in [0, 0.05) is 16.4 Å². The van der Waals surface area contributed by atoms with Crippen LogP contribution in [0.2, 0.25) is 0 Å². The van der Waals surface area contributed by atoms with Crippen LogP contribution in [0.4, 0.5) is 14.5 Å². The van der Waals surface area contributed by atoms with Gasteiger partial charge in [-0.2, -0.15) is 0 Å². The van der Waals surface area contributed by atoms with Gasteiger partial charge in [-0.25, -0.2) is 8.78 Å². The second-order valence-electron chi connectivity index (χ2n) is 4.81. The molecule has 0 unspecified atom stereocenters. The zero-order chi connectivity index (χ0) is 15.6. The van der Waals surface area contributed by atoms with E-state index in [-0.39, 0.29) is 5.69 Å². The van der Waals surface area contributed by atoms with Crippen molar-refractivity contribution < 1.29 is 13.6 Å². The van der Waals surface area contributed by atoms with Gasteiger partial charge in [-0.1, -0.05) is 15.9 Å². The number of anilines is 1. The van der Waals surface area contributed by atoms with E-state index in [2.05, 4.69) is 21.2 Å². The number of nitrogens with one attached hydrogen (secondary N) is 1. The molecule has 1 aromatic carbocycles. The third kappa shape index (κ3) is 3.69. The zero-order valence-electron chi connectivity index (χ0n) is 11.7. The van der Waals surface area contributed by atoms with Gasteiger partial charge in [0.1, 0.15) is 5.69 Å². The molecule has 2 aromatic rings. The summed E-state index contributed by atoms with van der Waals surface area (Å²) in [5, 5.41) is 2.80. The van der Waals surface area contributed by atoms with Crippen molar-refractivity contribution in [2.75, 3.05) is 5.32 Å². The molecule has 6 heteroatoms. The highest BCUT2D eigenvalue weighted by molar-refractivity contribution is 9.10. The second-order valence-corrected chi connectivity index (χ2v) is 5.72. The largest absolute Gasteiger partial charge is 0.338 e. The molecule has 0 spiro atoms. The molecule has 0 bridgehead atoms. The number of rotatable bonds is 4. The minimum atomic E-state index is -2.50. The van der Waals surface area contributed by atoms with E-state index in [0.29, 0.717) is 5.69 Å². The summed E-state index contributed by atoms with van der Waals surface area (Å²) in [6.45, 7) is 3.27. The quantitative estimate of drug-likeness (QED) is 0.866. The number of carbonyl (C=O) groups excluding carboxylic acids is 1. The van der Waals surface area contributed by atoms with Crippen molar-refractivity contribution in [3.63, 3.8) is 0 Å². The number of hydrogen-bond donors (Lipinski definition) is 1. The first kappa shape index (κ1) is 15.7. The fourth-order valence-electron chi connectivity index (χ4n) is 2.21. The highest BCUT2D eigenvalue weighted by Gasteiger charge is 2.15. The van der Waals surface area contributed by atoms with E-state index in [0.717, 1.165) is 15.6 Å². The van der Waals surface area contributed by atoms with Crippen LogP contribution in [0, 0.1) is 13.8 Å². The Morgan fingerprint density at radius 1 is 1.33 bits per heavy atom. The Labute approximate surface area is 130 Å². The summed E-state index contributed by atoms with van der Waals surface area (Å²) in [6.07, 6.45) is -1.03. The Balaban J connectivity index is 2.25. The summed E-state index contributed by atoms with van der Waals surface area (Å²) in [6, 6.07) is 6.89. The van der Waals surface area contributed by atoms with E-state index >= 15 is 0 Å². The van der Waals surface area contributed by atoms with Gasteiger partial charge in [-0.05, 0) is 49.2 Å². The summed E-state index contributed by atoms with van der Waals surface area (Å²) < 4.78 is 27.1. The van der Waals surface area contributed by atoms with Crippen molar-refractivity contribution in [2.45, 2.75) is 26.8 Å². The maximum Gasteiger partial charge on any atom is 0.272 e. The van der Waals surface area contributed by atoms with Crippen molar-refractivity contribution in [1.29, 1.82) is 0 Å². The minimum absolute atomic E-state index is 0.219. The Morgan fingerprint density at radius 3 is 2.52 bits per heavy atom. The van der Waals surface area contributed by atoms with Gasteiger partial charge in [-0.15, -0.1) is 0 Å². The number of halogens is 3. The van der Waals surface area contributed by atoms with Gasteiger partial charge in [0.2, 0.25) is 0 Å². The molecule has 3 nitrogen and oxygen atoms in total. The van der Waals surface area contributed by atoms with Crippen LogP contribution >= 0.6 is 15.9 Å². The van der Waals surface area contributed by atoms with Crippen LogP contribution in [-0.4, -0.2) is 16.9 Å². The molecule has 0 atom stereocenters. The highest BCUT2D eigenvalue weighted by Crippen LogP contribution is 2.25. The van der Waals surface area contributed by atoms with Crippen molar-refractivity contribution in [3.8, 4) is 0 Å². The van der Waals surface area contributed by atoms with E-state index in [1.165, 1.54) is 16.8 Å². The lowest BCUT2D eigenvalue weighted by molar-refractivity contribution is 0.0997. The smallest absolute Gasteiger partial charge is 0.272 e. The van der Waals surface area contributed by atoms with Gasteiger partial charge < -0.3 is 9.88 Å². The van der Waals surface area contributed by atoms with Crippen molar-refractivity contribution >= 4 is 27.5 Å². The topological polar surface area (TPSA) is 34.0 Å². The molecule has 112 valence electrons. The first-order valence-corrected chi connectivity index (χ1v) is 7.19. The number of aromatic nitrogens is 1. The molecule has 0 aliphatic heterocycles. The summed E-state index contributed by atoms with van der Waals surface area (Å²) in [5.74, 6) is -0.394. The molecule has 0 aliphatic rings. The van der Waals surface area contributed by atoms with E-state index in [4.69, 9.17) is 0 Å². The lowest BCUT2D eigenvalue weighted by Gasteiger charge is -2.14. The van der Waals surface area contributed by atoms with Crippen LogP contribution < -0.4 is 5.32 Å². The predicted molar refractivity (Wildman–Crippen MR) is 82.0 cm³/mol. The standard InChI is InChI=1S/C15H15BrF2N2O/c1-9-6-11(16)7-10(2)14(9)19-15(21)12-4-3-5-20(12)8-13(17)18/h3-7,13H,8H2,1-2H3,(H,19,21). The van der Waals surface area contributed by atoms with E-state index in [1.54, 1.807) is 6.07 Å². The third-order valence-corrected chi connectivity index (χ3v) is 3.59. The molecule has 1 N–H and O–H groups in total. The molecule has 21 heavy (non-hydrogen) atoms. The van der Waals surface area contributed by atoms with Crippen LogP contribution in [0.1, 0.15) is 21.6 Å². The third-order valence-electron chi connectivity index (χ3n) is 3.13. The van der Waals surface area contributed by atoms with Crippen molar-refractivity contribution in [2.24, 2.45) is 0 Å². The Bertz CT molecular complexity index is 644. The number of carbonyl (C=O) groups is 1. The molecular formula is C15H15BrF2N2O. The van der Waals surface area contributed by atoms with Gasteiger partial charge in [0.15, 0.2) is 0 Å². The number of benzene rings is 1. The number of aryl methyl sites for hydroxylation is 2. The van der Waals surface area contributed by atoms with Crippen LogP contribution in [0.5, 0.6) is 0 Å². The molecule has 1 aromatic heterocycles. The lowest BCUT2D eigenvalue weighted by atomic mass is 10.1. The predicted octanol–water partition coefficient (Wildman–Crippen LogP) is 4.38. The van der Waals surface area contributed by atoms with Gasteiger partial charge in [-0.3, -0.25) is 4.79 Å². The highest BCUT2D eigenvalue weighted by atomic mass is 79.9. The van der Waals surface area contributed by atoms with Gasteiger partial charge in [0.05, 0.1) is 6.54 Å². The Morgan fingerprint density at radius 2 is 1.95 bits per heavy atom. The lowest BCUT2D eigenvalue weighted by Crippen LogP contribution is -2.19. The maximum atomic E-state index is 12.5. The van der Waals surface area contributed by atoms with Gasteiger partial charge in [0.25, 0.3) is 12.3 Å². The molecule has 2 rings (SSSR count). The average molecular weight is 357 g/mol. The molecule has 0 saturated heterocycles. The van der Waals surface area contributed by atoms with E-state index in [9.17, 15) is 13.6 Å². The molecule has 1 amide bonds. The monoisotopic (exact) mass is 356 g/mol.